The lowest BCUT2D eigenvalue weighted by molar-refractivity contribution is -0.140. The number of hydrazine groups is 1. The Bertz CT molecular complexity index is 839. The van der Waals surface area contributed by atoms with Crippen molar-refractivity contribution in [2.45, 2.75) is 83.3 Å². The summed E-state index contributed by atoms with van der Waals surface area (Å²) in [6.07, 6.45) is 5.21. The van der Waals surface area contributed by atoms with Crippen molar-refractivity contribution in [3.63, 3.8) is 0 Å². The van der Waals surface area contributed by atoms with Gasteiger partial charge in [-0.1, -0.05) is 45.0 Å². The Kier molecular flexibility index (Phi) is 6.06. The number of hydrogen-bond donors (Lipinski definition) is 2. The second-order valence-corrected chi connectivity index (χ2v) is 9.90. The van der Waals surface area contributed by atoms with Crippen molar-refractivity contribution < 1.29 is 14.4 Å². The molecule has 4 amide bonds. The fourth-order valence-corrected chi connectivity index (χ4v) is 4.66. The monoisotopic (exact) mass is 426 g/mol. The maximum atomic E-state index is 13.0. The van der Waals surface area contributed by atoms with Crippen LogP contribution < -0.4 is 10.7 Å². The highest BCUT2D eigenvalue weighted by Crippen LogP contribution is 2.36. The molecule has 1 heterocycles. The number of nitrogens with zero attached hydrogens (tertiary/aromatic N) is 2. The minimum Gasteiger partial charge on any atom is -0.322 e. The predicted octanol–water partition coefficient (Wildman–Crippen LogP) is 3.31. The summed E-state index contributed by atoms with van der Waals surface area (Å²) in [6, 6.07) is 8.38. The van der Waals surface area contributed by atoms with E-state index in [4.69, 9.17) is 0 Å². The van der Waals surface area contributed by atoms with Crippen molar-refractivity contribution in [3.05, 3.63) is 35.4 Å². The first-order valence-corrected chi connectivity index (χ1v) is 11.6. The number of nitrogens with one attached hydrogen (secondary N) is 2. The molecular weight excluding hydrogens is 392 g/mol. The van der Waals surface area contributed by atoms with Crippen LogP contribution in [0, 0.1) is 5.92 Å². The number of carbonyl (C=O) groups is 3. The zero-order valence-corrected chi connectivity index (χ0v) is 18.8. The summed E-state index contributed by atoms with van der Waals surface area (Å²) >= 11 is 0. The highest BCUT2D eigenvalue weighted by atomic mass is 16.2. The van der Waals surface area contributed by atoms with Crippen molar-refractivity contribution in [2.24, 2.45) is 5.92 Å². The van der Waals surface area contributed by atoms with Crippen LogP contribution in [0.2, 0.25) is 0 Å². The van der Waals surface area contributed by atoms with E-state index in [9.17, 15) is 14.4 Å². The molecule has 3 fully saturated rings. The van der Waals surface area contributed by atoms with Crippen molar-refractivity contribution in [3.8, 4) is 0 Å². The molecular formula is C24H34N4O3. The summed E-state index contributed by atoms with van der Waals surface area (Å²) in [6.45, 7) is 7.35. The van der Waals surface area contributed by atoms with Crippen molar-refractivity contribution >= 4 is 17.8 Å². The number of hydrogen-bond acceptors (Lipinski definition) is 4. The Morgan fingerprint density at radius 2 is 1.81 bits per heavy atom. The van der Waals surface area contributed by atoms with Gasteiger partial charge in [-0.3, -0.25) is 19.9 Å². The fraction of sp³-hybridized carbons (Fsp3) is 0.625. The van der Waals surface area contributed by atoms with Gasteiger partial charge in [-0.15, -0.1) is 0 Å². The lowest BCUT2D eigenvalue weighted by Gasteiger charge is -2.33. The Labute approximate surface area is 184 Å². The number of benzene rings is 1. The molecule has 4 rings (SSSR count). The number of carbonyl (C=O) groups excluding carboxylic acids is 3. The average Bonchev–Trinajstić information content (AvgIpc) is 3.55. The first kappa shape index (κ1) is 21.8. The van der Waals surface area contributed by atoms with Crippen LogP contribution in [-0.4, -0.2) is 45.9 Å². The van der Waals surface area contributed by atoms with Crippen LogP contribution in [-0.2, 0) is 16.1 Å². The van der Waals surface area contributed by atoms with Gasteiger partial charge < -0.3 is 5.32 Å². The van der Waals surface area contributed by atoms with Gasteiger partial charge in [-0.05, 0) is 61.5 Å². The maximum Gasteiger partial charge on any atom is 0.344 e. The van der Waals surface area contributed by atoms with Gasteiger partial charge in [0.25, 0.3) is 11.8 Å². The van der Waals surface area contributed by atoms with E-state index in [1.807, 2.05) is 0 Å². The molecule has 2 N–H and O–H groups in total. The number of imide groups is 1. The van der Waals surface area contributed by atoms with Crippen molar-refractivity contribution in [1.82, 2.24) is 20.7 Å². The molecule has 0 radical (unpaired) electrons. The number of amides is 4. The molecule has 1 aliphatic heterocycles. The topological polar surface area (TPSA) is 81.8 Å². The maximum absolute atomic E-state index is 13.0. The Balaban J connectivity index is 1.36. The van der Waals surface area contributed by atoms with Gasteiger partial charge in [0, 0.05) is 12.6 Å². The molecule has 1 aromatic carbocycles. The third kappa shape index (κ3) is 4.76. The molecule has 1 spiro atoms. The Morgan fingerprint density at radius 3 is 2.39 bits per heavy atom. The standard InChI is InChI=1S/C24H34N4O3/c1-16(2)19-6-4-18(5-7-19)14-27(20-8-9-20)15-21(29)26-28-22(30)24(25-23(28)31)12-10-17(3)11-13-24/h4-7,16-17,20H,8-15H2,1-3H3,(H,25,31)(H,26,29). The van der Waals surface area contributed by atoms with E-state index in [0.717, 1.165) is 36.3 Å². The van der Waals surface area contributed by atoms with E-state index in [0.29, 0.717) is 37.3 Å². The number of rotatable bonds is 7. The molecule has 7 nitrogen and oxygen atoms in total. The molecule has 3 aliphatic rings. The van der Waals surface area contributed by atoms with Crippen LogP contribution in [0.1, 0.15) is 76.3 Å². The zero-order valence-electron chi connectivity index (χ0n) is 18.8. The normalized spacial score (nSPS) is 26.1. The molecule has 0 unspecified atom stereocenters. The van der Waals surface area contributed by atoms with Gasteiger partial charge in [-0.25, -0.2) is 4.79 Å². The molecule has 7 heteroatoms. The lowest BCUT2D eigenvalue weighted by Crippen LogP contribution is -2.53. The first-order valence-electron chi connectivity index (χ1n) is 11.6. The van der Waals surface area contributed by atoms with Crippen molar-refractivity contribution in [1.29, 1.82) is 0 Å². The Morgan fingerprint density at radius 1 is 1.16 bits per heavy atom. The smallest absolute Gasteiger partial charge is 0.322 e. The summed E-state index contributed by atoms with van der Waals surface area (Å²) in [7, 11) is 0. The summed E-state index contributed by atoms with van der Waals surface area (Å²) in [5.41, 5.74) is 4.19. The van der Waals surface area contributed by atoms with E-state index in [-0.39, 0.29) is 18.4 Å². The minimum absolute atomic E-state index is 0.164. The van der Waals surface area contributed by atoms with Gasteiger partial charge in [0.15, 0.2) is 0 Å². The molecule has 2 saturated carbocycles. The summed E-state index contributed by atoms with van der Waals surface area (Å²) < 4.78 is 0. The van der Waals surface area contributed by atoms with Gasteiger partial charge in [0.05, 0.1) is 6.54 Å². The molecule has 1 saturated heterocycles. The molecule has 1 aromatic rings. The second kappa shape index (κ2) is 8.61. The second-order valence-electron chi connectivity index (χ2n) is 9.90. The average molecular weight is 427 g/mol. The van der Waals surface area contributed by atoms with Gasteiger partial charge >= 0.3 is 6.03 Å². The van der Waals surface area contributed by atoms with Gasteiger partial charge in [0.2, 0.25) is 0 Å². The van der Waals surface area contributed by atoms with E-state index in [2.05, 4.69) is 60.7 Å². The third-order valence-electron chi connectivity index (χ3n) is 6.97. The summed E-state index contributed by atoms with van der Waals surface area (Å²) in [5.74, 6) is 0.398. The summed E-state index contributed by atoms with van der Waals surface area (Å²) in [4.78, 5) is 40.3. The number of urea groups is 1. The van der Waals surface area contributed by atoms with Crippen LogP contribution in [0.4, 0.5) is 4.79 Å². The fourth-order valence-electron chi connectivity index (χ4n) is 4.66. The predicted molar refractivity (Wildman–Crippen MR) is 118 cm³/mol. The van der Waals surface area contributed by atoms with Crippen molar-refractivity contribution in [2.75, 3.05) is 6.54 Å². The highest BCUT2D eigenvalue weighted by Gasteiger charge is 2.53. The van der Waals surface area contributed by atoms with Gasteiger partial charge in [0.1, 0.15) is 5.54 Å². The highest BCUT2D eigenvalue weighted by molar-refractivity contribution is 6.08. The first-order chi connectivity index (χ1) is 14.8. The minimum atomic E-state index is -0.842. The zero-order chi connectivity index (χ0) is 22.2. The Hall–Kier alpha value is -2.41. The largest absolute Gasteiger partial charge is 0.344 e. The van der Waals surface area contributed by atoms with Crippen LogP contribution in [0.3, 0.4) is 0 Å². The van der Waals surface area contributed by atoms with E-state index < -0.39 is 11.6 Å². The SMILES string of the molecule is CC1CCC2(CC1)NC(=O)N(NC(=O)CN(Cc1ccc(C(C)C)cc1)C1CC1)C2=O. The van der Waals surface area contributed by atoms with Gasteiger partial charge in [-0.2, -0.15) is 5.01 Å². The molecule has 0 aromatic heterocycles. The molecule has 2 aliphatic carbocycles. The van der Waals surface area contributed by atoms with E-state index in [1.54, 1.807) is 0 Å². The third-order valence-corrected chi connectivity index (χ3v) is 6.97. The van der Waals surface area contributed by atoms with Crippen LogP contribution in [0.15, 0.2) is 24.3 Å². The molecule has 168 valence electrons. The van der Waals surface area contributed by atoms with Crippen LogP contribution in [0.25, 0.3) is 0 Å². The van der Waals surface area contributed by atoms with E-state index >= 15 is 0 Å². The molecule has 31 heavy (non-hydrogen) atoms. The molecule has 0 bridgehead atoms. The van der Waals surface area contributed by atoms with Crippen LogP contribution in [0.5, 0.6) is 0 Å². The summed E-state index contributed by atoms with van der Waals surface area (Å²) in [5, 5.41) is 3.75. The lowest BCUT2D eigenvalue weighted by atomic mass is 9.77. The molecule has 0 atom stereocenters. The van der Waals surface area contributed by atoms with Crippen LogP contribution >= 0.6 is 0 Å². The van der Waals surface area contributed by atoms with E-state index in [1.165, 1.54) is 5.56 Å². The quantitative estimate of drug-likeness (QED) is 0.656.